The third kappa shape index (κ3) is 2.93. The summed E-state index contributed by atoms with van der Waals surface area (Å²) in [6, 6.07) is 4.47. The second kappa shape index (κ2) is 5.00. The van der Waals surface area contributed by atoms with Crippen molar-refractivity contribution in [2.24, 2.45) is 0 Å². The Kier molecular flexibility index (Phi) is 3.57. The van der Waals surface area contributed by atoms with Gasteiger partial charge in [-0.2, -0.15) is 13.2 Å². The van der Waals surface area contributed by atoms with E-state index in [-0.39, 0.29) is 12.3 Å². The molecule has 0 unspecified atom stereocenters. The van der Waals surface area contributed by atoms with Crippen LogP contribution in [0.4, 0.5) is 13.2 Å². The molecule has 19 heavy (non-hydrogen) atoms. The van der Waals surface area contributed by atoms with E-state index in [0.717, 1.165) is 23.5 Å². The molecule has 0 spiro atoms. The van der Waals surface area contributed by atoms with Gasteiger partial charge in [0.15, 0.2) is 0 Å². The number of aromatic nitrogens is 1. The molecular formula is C12H8F3NO2S. The highest BCUT2D eigenvalue weighted by Crippen LogP contribution is 2.34. The van der Waals surface area contributed by atoms with Crippen molar-refractivity contribution < 1.29 is 23.1 Å². The fraction of sp³-hybridized carbons (Fsp3) is 0.167. The number of thiazole rings is 1. The number of rotatable bonds is 3. The van der Waals surface area contributed by atoms with Gasteiger partial charge in [-0.25, -0.2) is 4.98 Å². The molecule has 2 aromatic rings. The van der Waals surface area contributed by atoms with Gasteiger partial charge in [0.1, 0.15) is 11.3 Å². The predicted molar refractivity (Wildman–Crippen MR) is 64.0 cm³/mol. The van der Waals surface area contributed by atoms with E-state index in [0.29, 0.717) is 21.7 Å². The number of benzene rings is 1. The summed E-state index contributed by atoms with van der Waals surface area (Å²) in [7, 11) is 0. The molecule has 0 bridgehead atoms. The first-order valence-electron chi connectivity index (χ1n) is 5.21. The molecule has 0 fully saturated rings. The monoisotopic (exact) mass is 287 g/mol. The lowest BCUT2D eigenvalue weighted by Gasteiger charge is -2.06. The van der Waals surface area contributed by atoms with Crippen LogP contribution >= 0.6 is 11.3 Å². The summed E-state index contributed by atoms with van der Waals surface area (Å²) < 4.78 is 37.2. The Balaban J connectivity index is 2.32. The molecule has 0 amide bonds. The van der Waals surface area contributed by atoms with Crippen molar-refractivity contribution in [2.75, 3.05) is 0 Å². The number of carbonyl (C=O) groups excluding carboxylic acids is 1. The Labute approximate surface area is 110 Å². The number of carbonyl (C=O) groups is 1. The lowest BCUT2D eigenvalue weighted by atomic mass is 10.1. The summed E-state index contributed by atoms with van der Waals surface area (Å²) in [5.74, 6) is -0.257. The Morgan fingerprint density at radius 3 is 2.42 bits per heavy atom. The highest BCUT2D eigenvalue weighted by Gasteiger charge is 2.30. The van der Waals surface area contributed by atoms with Gasteiger partial charge < -0.3 is 9.90 Å². The summed E-state index contributed by atoms with van der Waals surface area (Å²) in [6.07, 6.45) is -3.72. The van der Waals surface area contributed by atoms with E-state index in [4.69, 9.17) is 0 Å². The highest BCUT2D eigenvalue weighted by atomic mass is 32.1. The molecule has 0 atom stereocenters. The standard InChI is InChI=1S/C12H8F3NO2S/c13-12(14,15)8-3-1-7(2-4-8)11-16-10(18)9(19-11)5-6-17/h1-4,6,18H,5H2. The van der Waals surface area contributed by atoms with Gasteiger partial charge in [0.05, 0.1) is 10.4 Å². The highest BCUT2D eigenvalue weighted by molar-refractivity contribution is 7.15. The second-order valence-corrected chi connectivity index (χ2v) is 4.80. The molecule has 0 saturated heterocycles. The van der Waals surface area contributed by atoms with Crippen LogP contribution in [0.15, 0.2) is 24.3 Å². The average Bonchev–Trinajstić information content (AvgIpc) is 2.71. The number of aromatic hydroxyl groups is 1. The number of hydrogen-bond donors (Lipinski definition) is 1. The minimum atomic E-state index is -4.38. The summed E-state index contributed by atoms with van der Waals surface area (Å²) in [5.41, 5.74) is -0.282. The molecule has 0 aliphatic rings. The maximum absolute atomic E-state index is 12.4. The molecule has 100 valence electrons. The van der Waals surface area contributed by atoms with Gasteiger partial charge in [0.25, 0.3) is 0 Å². The molecule has 7 heteroatoms. The van der Waals surface area contributed by atoms with Crippen molar-refractivity contribution in [3.63, 3.8) is 0 Å². The van der Waals surface area contributed by atoms with Crippen molar-refractivity contribution in [2.45, 2.75) is 12.6 Å². The third-order valence-corrected chi connectivity index (χ3v) is 3.52. The molecule has 0 radical (unpaired) electrons. The molecule has 1 heterocycles. The summed E-state index contributed by atoms with van der Waals surface area (Å²) in [6.45, 7) is 0. The van der Waals surface area contributed by atoms with Gasteiger partial charge in [0, 0.05) is 12.0 Å². The van der Waals surface area contributed by atoms with E-state index in [1.165, 1.54) is 12.1 Å². The zero-order valence-electron chi connectivity index (χ0n) is 9.44. The lowest BCUT2D eigenvalue weighted by molar-refractivity contribution is -0.137. The van der Waals surface area contributed by atoms with Crippen LogP contribution in [0.5, 0.6) is 5.88 Å². The van der Waals surface area contributed by atoms with E-state index in [1.54, 1.807) is 0 Å². The number of alkyl halides is 3. The van der Waals surface area contributed by atoms with Gasteiger partial charge in [-0.3, -0.25) is 0 Å². The van der Waals surface area contributed by atoms with E-state index in [9.17, 15) is 23.1 Å². The van der Waals surface area contributed by atoms with E-state index < -0.39 is 11.7 Å². The molecule has 3 nitrogen and oxygen atoms in total. The number of nitrogens with zero attached hydrogens (tertiary/aromatic N) is 1. The minimum Gasteiger partial charge on any atom is -0.492 e. The topological polar surface area (TPSA) is 50.2 Å². The van der Waals surface area contributed by atoms with Crippen molar-refractivity contribution in [3.05, 3.63) is 34.7 Å². The van der Waals surface area contributed by atoms with Crippen LogP contribution in [-0.2, 0) is 17.4 Å². The Bertz CT molecular complexity index is 590. The summed E-state index contributed by atoms with van der Waals surface area (Å²) in [5, 5.41) is 9.85. The van der Waals surface area contributed by atoms with Gasteiger partial charge >= 0.3 is 6.18 Å². The molecule has 0 aliphatic carbocycles. The first-order valence-corrected chi connectivity index (χ1v) is 6.03. The Morgan fingerprint density at radius 1 is 1.26 bits per heavy atom. The van der Waals surface area contributed by atoms with Crippen LogP contribution < -0.4 is 0 Å². The van der Waals surface area contributed by atoms with Crippen LogP contribution in [-0.4, -0.2) is 16.4 Å². The number of hydrogen-bond acceptors (Lipinski definition) is 4. The number of halogens is 3. The molecule has 1 aromatic heterocycles. The normalized spacial score (nSPS) is 11.5. The average molecular weight is 287 g/mol. The van der Waals surface area contributed by atoms with Crippen molar-refractivity contribution >= 4 is 17.6 Å². The van der Waals surface area contributed by atoms with Gasteiger partial charge in [-0.15, -0.1) is 11.3 Å². The summed E-state index contributed by atoms with van der Waals surface area (Å²) in [4.78, 5) is 14.6. The molecule has 1 N–H and O–H groups in total. The van der Waals surface area contributed by atoms with E-state index in [2.05, 4.69) is 4.98 Å². The zero-order valence-corrected chi connectivity index (χ0v) is 10.3. The van der Waals surface area contributed by atoms with Crippen LogP contribution in [0, 0.1) is 0 Å². The first-order chi connectivity index (χ1) is 8.91. The SMILES string of the molecule is O=CCc1sc(-c2ccc(C(F)(F)F)cc2)nc1O. The zero-order chi connectivity index (χ0) is 14.0. The molecule has 0 aliphatic heterocycles. The van der Waals surface area contributed by atoms with E-state index >= 15 is 0 Å². The largest absolute Gasteiger partial charge is 0.492 e. The maximum Gasteiger partial charge on any atom is 0.416 e. The molecule has 0 saturated carbocycles. The van der Waals surface area contributed by atoms with Crippen molar-refractivity contribution in [3.8, 4) is 16.5 Å². The molecule has 1 aromatic carbocycles. The molecular weight excluding hydrogens is 279 g/mol. The van der Waals surface area contributed by atoms with Crippen molar-refractivity contribution in [1.82, 2.24) is 4.98 Å². The van der Waals surface area contributed by atoms with Crippen LogP contribution in [0.1, 0.15) is 10.4 Å². The van der Waals surface area contributed by atoms with Crippen LogP contribution in [0.25, 0.3) is 10.6 Å². The second-order valence-electron chi connectivity index (χ2n) is 3.71. The van der Waals surface area contributed by atoms with Gasteiger partial charge in [-0.1, -0.05) is 12.1 Å². The smallest absolute Gasteiger partial charge is 0.416 e. The molecule has 2 rings (SSSR count). The van der Waals surface area contributed by atoms with Gasteiger partial charge in [-0.05, 0) is 12.1 Å². The fourth-order valence-electron chi connectivity index (χ4n) is 1.48. The summed E-state index contributed by atoms with van der Waals surface area (Å²) >= 11 is 1.08. The van der Waals surface area contributed by atoms with E-state index in [1.807, 2.05) is 0 Å². The Hall–Kier alpha value is -1.89. The first kappa shape index (κ1) is 13.5. The fourth-order valence-corrected chi connectivity index (χ4v) is 2.39. The predicted octanol–water partition coefficient (Wildman–Crippen LogP) is 3.28. The Morgan fingerprint density at radius 2 is 1.89 bits per heavy atom. The third-order valence-electron chi connectivity index (χ3n) is 2.40. The number of aldehydes is 1. The van der Waals surface area contributed by atoms with Crippen molar-refractivity contribution in [1.29, 1.82) is 0 Å². The maximum atomic E-state index is 12.4. The quantitative estimate of drug-likeness (QED) is 0.881. The lowest BCUT2D eigenvalue weighted by Crippen LogP contribution is -2.03. The van der Waals surface area contributed by atoms with Crippen LogP contribution in [0.2, 0.25) is 0 Å². The van der Waals surface area contributed by atoms with Crippen LogP contribution in [0.3, 0.4) is 0 Å². The minimum absolute atomic E-state index is 0.0319. The van der Waals surface area contributed by atoms with Gasteiger partial charge in [0.2, 0.25) is 5.88 Å².